The topological polar surface area (TPSA) is 37.3 Å². The maximum atomic E-state index is 10.7. The van der Waals surface area contributed by atoms with Gasteiger partial charge in [0.15, 0.2) is 0 Å². The van der Waals surface area contributed by atoms with Gasteiger partial charge in [0, 0.05) is 11.0 Å². The van der Waals surface area contributed by atoms with Crippen LogP contribution in [0.2, 0.25) is 0 Å². The fourth-order valence-corrected chi connectivity index (χ4v) is 4.32. The molecule has 3 rings (SSSR count). The Bertz CT molecular complexity index is 809. The summed E-state index contributed by atoms with van der Waals surface area (Å²) in [6.07, 6.45) is 5.26. The van der Waals surface area contributed by atoms with Crippen LogP contribution in [0.3, 0.4) is 0 Å². The van der Waals surface area contributed by atoms with E-state index in [1.165, 1.54) is 35.6 Å². The SMILES string of the molecule is CC1(C)CCC(C)(C)c2cc(-c3csc(C=CC(=O)O)c3)ccc21. The molecule has 1 N–H and O–H groups in total. The number of rotatable bonds is 3. The van der Waals surface area contributed by atoms with E-state index < -0.39 is 5.97 Å². The van der Waals surface area contributed by atoms with Crippen LogP contribution < -0.4 is 0 Å². The average molecular weight is 340 g/mol. The van der Waals surface area contributed by atoms with Crippen molar-refractivity contribution in [2.75, 3.05) is 0 Å². The molecule has 0 spiro atoms. The maximum absolute atomic E-state index is 10.7. The smallest absolute Gasteiger partial charge is 0.328 e. The van der Waals surface area contributed by atoms with Crippen molar-refractivity contribution in [1.82, 2.24) is 0 Å². The first-order valence-corrected chi connectivity index (χ1v) is 9.22. The third kappa shape index (κ3) is 3.18. The zero-order chi connectivity index (χ0) is 17.5. The van der Waals surface area contributed by atoms with Crippen molar-refractivity contribution in [3.05, 3.63) is 51.7 Å². The zero-order valence-corrected chi connectivity index (χ0v) is 15.5. The molecule has 1 aliphatic rings. The Kier molecular flexibility index (Phi) is 4.16. The Labute approximate surface area is 147 Å². The Balaban J connectivity index is 2.01. The molecule has 2 nitrogen and oxygen atoms in total. The fraction of sp³-hybridized carbons (Fsp3) is 0.381. The lowest BCUT2D eigenvalue weighted by Gasteiger charge is -2.42. The quantitative estimate of drug-likeness (QED) is 0.710. The lowest BCUT2D eigenvalue weighted by atomic mass is 9.63. The first kappa shape index (κ1) is 17.0. The molecule has 0 atom stereocenters. The van der Waals surface area contributed by atoms with Gasteiger partial charge in [-0.1, -0.05) is 45.9 Å². The van der Waals surface area contributed by atoms with E-state index in [1.807, 2.05) is 0 Å². The molecule has 0 saturated carbocycles. The highest BCUT2D eigenvalue weighted by Crippen LogP contribution is 2.46. The molecule has 1 heterocycles. The fourth-order valence-electron chi connectivity index (χ4n) is 3.51. The molecule has 1 aromatic carbocycles. The molecule has 3 heteroatoms. The van der Waals surface area contributed by atoms with E-state index in [-0.39, 0.29) is 10.8 Å². The zero-order valence-electron chi connectivity index (χ0n) is 14.7. The molecule has 0 fully saturated rings. The standard InChI is InChI=1S/C21H24O2S/c1-20(2)9-10-21(3,4)18-12-14(5-7-17(18)20)15-11-16(24-13-15)6-8-19(22)23/h5-8,11-13H,9-10H2,1-4H3,(H,22,23). The van der Waals surface area contributed by atoms with Gasteiger partial charge in [0.1, 0.15) is 0 Å². The summed E-state index contributed by atoms with van der Waals surface area (Å²) in [5, 5.41) is 10.9. The van der Waals surface area contributed by atoms with Crippen molar-refractivity contribution in [3.63, 3.8) is 0 Å². The van der Waals surface area contributed by atoms with Crippen LogP contribution >= 0.6 is 11.3 Å². The van der Waals surface area contributed by atoms with Crippen molar-refractivity contribution in [1.29, 1.82) is 0 Å². The normalized spacial score (nSPS) is 18.5. The van der Waals surface area contributed by atoms with Gasteiger partial charge in [0.05, 0.1) is 0 Å². The molecule has 1 aliphatic carbocycles. The van der Waals surface area contributed by atoms with Crippen LogP contribution in [0.4, 0.5) is 0 Å². The van der Waals surface area contributed by atoms with E-state index in [0.717, 1.165) is 10.4 Å². The van der Waals surface area contributed by atoms with Crippen LogP contribution in [0.5, 0.6) is 0 Å². The minimum Gasteiger partial charge on any atom is -0.478 e. The van der Waals surface area contributed by atoms with Gasteiger partial charge in [-0.15, -0.1) is 11.3 Å². The summed E-state index contributed by atoms with van der Waals surface area (Å²) >= 11 is 1.57. The van der Waals surface area contributed by atoms with Gasteiger partial charge in [-0.2, -0.15) is 0 Å². The Hall–Kier alpha value is -1.87. The molecule has 0 aliphatic heterocycles. The number of benzene rings is 1. The number of carboxylic acid groups (broad SMARTS) is 1. The summed E-state index contributed by atoms with van der Waals surface area (Å²) in [4.78, 5) is 11.6. The predicted molar refractivity (Wildman–Crippen MR) is 102 cm³/mol. The Morgan fingerprint density at radius 2 is 1.71 bits per heavy atom. The van der Waals surface area contributed by atoms with Gasteiger partial charge < -0.3 is 5.11 Å². The summed E-state index contributed by atoms with van der Waals surface area (Å²) in [6.45, 7) is 9.33. The highest BCUT2D eigenvalue weighted by atomic mass is 32.1. The number of carbonyl (C=O) groups is 1. The van der Waals surface area contributed by atoms with Gasteiger partial charge in [0.2, 0.25) is 0 Å². The molecule has 0 radical (unpaired) electrons. The second-order valence-electron chi connectivity index (χ2n) is 7.94. The van der Waals surface area contributed by atoms with Crippen LogP contribution in [-0.4, -0.2) is 11.1 Å². The van der Waals surface area contributed by atoms with Gasteiger partial charge in [0.25, 0.3) is 0 Å². The number of carboxylic acids is 1. The number of aliphatic carboxylic acids is 1. The Morgan fingerprint density at radius 3 is 2.38 bits per heavy atom. The molecule has 0 unspecified atom stereocenters. The third-order valence-electron chi connectivity index (χ3n) is 5.20. The summed E-state index contributed by atoms with van der Waals surface area (Å²) in [5.41, 5.74) is 5.71. The molecular formula is C21H24O2S. The predicted octanol–water partition coefficient (Wildman–Crippen LogP) is 5.86. The molecule has 24 heavy (non-hydrogen) atoms. The monoisotopic (exact) mass is 340 g/mol. The van der Waals surface area contributed by atoms with Crippen molar-refractivity contribution in [3.8, 4) is 11.1 Å². The highest BCUT2D eigenvalue weighted by Gasteiger charge is 2.36. The summed E-state index contributed by atoms with van der Waals surface area (Å²) in [7, 11) is 0. The van der Waals surface area contributed by atoms with Gasteiger partial charge >= 0.3 is 5.97 Å². The highest BCUT2D eigenvalue weighted by molar-refractivity contribution is 7.11. The van der Waals surface area contributed by atoms with Gasteiger partial charge in [-0.25, -0.2) is 4.79 Å². The maximum Gasteiger partial charge on any atom is 0.328 e. The van der Waals surface area contributed by atoms with Crippen molar-refractivity contribution < 1.29 is 9.90 Å². The lowest BCUT2D eigenvalue weighted by molar-refractivity contribution is -0.131. The average Bonchev–Trinajstić information content (AvgIpc) is 2.99. The van der Waals surface area contributed by atoms with Crippen LogP contribution in [-0.2, 0) is 15.6 Å². The van der Waals surface area contributed by atoms with E-state index in [4.69, 9.17) is 5.11 Å². The molecule has 126 valence electrons. The van der Waals surface area contributed by atoms with Crippen LogP contribution in [0.25, 0.3) is 17.2 Å². The van der Waals surface area contributed by atoms with E-state index >= 15 is 0 Å². The van der Waals surface area contributed by atoms with E-state index in [0.29, 0.717) is 0 Å². The Morgan fingerprint density at radius 1 is 1.04 bits per heavy atom. The lowest BCUT2D eigenvalue weighted by Crippen LogP contribution is -2.33. The van der Waals surface area contributed by atoms with Crippen LogP contribution in [0.1, 0.15) is 56.5 Å². The molecule has 0 bridgehead atoms. The van der Waals surface area contributed by atoms with Gasteiger partial charge in [-0.3, -0.25) is 0 Å². The number of thiophene rings is 1. The second-order valence-corrected chi connectivity index (χ2v) is 8.88. The summed E-state index contributed by atoms with van der Waals surface area (Å²) in [6, 6.07) is 8.89. The number of hydrogen-bond donors (Lipinski definition) is 1. The molecule has 1 aromatic heterocycles. The first-order valence-electron chi connectivity index (χ1n) is 8.34. The first-order chi connectivity index (χ1) is 11.2. The number of fused-ring (bicyclic) bond motifs is 1. The van der Waals surface area contributed by atoms with E-state index in [1.54, 1.807) is 17.4 Å². The van der Waals surface area contributed by atoms with Gasteiger partial charge in [-0.05, 0) is 63.4 Å². The summed E-state index contributed by atoms with van der Waals surface area (Å²) < 4.78 is 0. The van der Waals surface area contributed by atoms with Crippen molar-refractivity contribution in [2.24, 2.45) is 0 Å². The third-order valence-corrected chi connectivity index (χ3v) is 6.09. The second kappa shape index (κ2) is 5.89. The molecule has 2 aromatic rings. The summed E-state index contributed by atoms with van der Waals surface area (Å²) in [5.74, 6) is -0.914. The van der Waals surface area contributed by atoms with Crippen LogP contribution in [0, 0.1) is 0 Å². The number of hydrogen-bond acceptors (Lipinski definition) is 2. The van der Waals surface area contributed by atoms with E-state index in [2.05, 4.69) is 57.3 Å². The van der Waals surface area contributed by atoms with E-state index in [9.17, 15) is 4.79 Å². The minimum atomic E-state index is -0.914. The van der Waals surface area contributed by atoms with Crippen LogP contribution in [0.15, 0.2) is 35.7 Å². The molecule has 0 amide bonds. The van der Waals surface area contributed by atoms with Crippen molar-refractivity contribution in [2.45, 2.75) is 51.4 Å². The largest absolute Gasteiger partial charge is 0.478 e. The molecular weight excluding hydrogens is 316 g/mol. The van der Waals surface area contributed by atoms with Crippen molar-refractivity contribution >= 4 is 23.4 Å². The minimum absolute atomic E-state index is 0.197. The molecule has 0 saturated heterocycles.